The highest BCUT2D eigenvalue weighted by atomic mass is 19.1. The molecule has 6 heteroatoms. The van der Waals surface area contributed by atoms with E-state index in [0.717, 1.165) is 18.2 Å². The minimum absolute atomic E-state index is 0.0356. The number of aliphatic hydroxyl groups is 1. The van der Waals surface area contributed by atoms with Gasteiger partial charge in [-0.15, -0.1) is 0 Å². The van der Waals surface area contributed by atoms with Crippen molar-refractivity contribution in [3.63, 3.8) is 0 Å². The van der Waals surface area contributed by atoms with Gasteiger partial charge in [0.25, 0.3) is 5.91 Å². The molecule has 2 aromatic carbocycles. The molecule has 1 N–H and O–H groups in total. The number of Topliss-reactive ketones (excluding diaryl/α,β-unsaturated/α-hetero) is 1. The fraction of sp³-hybridized carbons (Fsp3) is 0.263. The number of benzene rings is 2. The molecule has 4 nitrogen and oxygen atoms in total. The quantitative estimate of drug-likeness (QED) is 0.870. The molecule has 1 heterocycles. The van der Waals surface area contributed by atoms with E-state index in [2.05, 4.69) is 0 Å². The first-order valence-corrected chi connectivity index (χ1v) is 7.92. The summed E-state index contributed by atoms with van der Waals surface area (Å²) in [6, 6.07) is 8.45. The molecule has 1 aliphatic rings. The van der Waals surface area contributed by atoms with Crippen molar-refractivity contribution in [1.29, 1.82) is 0 Å². The highest BCUT2D eigenvalue weighted by molar-refractivity contribution is 5.98. The summed E-state index contributed by atoms with van der Waals surface area (Å²) in [5.74, 6) is -1.74. The van der Waals surface area contributed by atoms with Gasteiger partial charge < -0.3 is 10.0 Å². The summed E-state index contributed by atoms with van der Waals surface area (Å²) in [6.45, 7) is 1.46. The molecule has 0 aromatic heterocycles. The van der Waals surface area contributed by atoms with Crippen LogP contribution < -0.4 is 0 Å². The van der Waals surface area contributed by atoms with Crippen LogP contribution in [0.2, 0.25) is 0 Å². The molecule has 1 saturated heterocycles. The monoisotopic (exact) mass is 345 g/mol. The second kappa shape index (κ2) is 6.72. The van der Waals surface area contributed by atoms with E-state index >= 15 is 0 Å². The van der Waals surface area contributed by atoms with Gasteiger partial charge in [0.05, 0.1) is 12.1 Å². The Morgan fingerprint density at radius 3 is 2.36 bits per heavy atom. The van der Waals surface area contributed by atoms with Gasteiger partial charge in [-0.3, -0.25) is 9.59 Å². The van der Waals surface area contributed by atoms with E-state index in [9.17, 15) is 23.5 Å². The maximum Gasteiger partial charge on any atom is 0.254 e. The molecule has 0 aliphatic carbocycles. The molecular weight excluding hydrogens is 328 g/mol. The molecule has 0 radical (unpaired) electrons. The molecule has 25 heavy (non-hydrogen) atoms. The number of β-amino-alcohol motifs (C(OH)–C–C–N with tert-alkyl or cyclic N) is 1. The SMILES string of the molecule is CC(=O)c1ccc(C(=O)N2CC(O)CC2c2cc(F)ccc2F)cc1. The normalized spacial score (nSPS) is 19.9. The zero-order valence-electron chi connectivity index (χ0n) is 13.6. The number of aliphatic hydroxyl groups excluding tert-OH is 1. The van der Waals surface area contributed by atoms with Gasteiger partial charge in [0.15, 0.2) is 5.78 Å². The molecular formula is C19H17F2NO3. The molecule has 0 spiro atoms. The minimum atomic E-state index is -0.812. The lowest BCUT2D eigenvalue weighted by Crippen LogP contribution is -2.32. The van der Waals surface area contributed by atoms with Crippen LogP contribution >= 0.6 is 0 Å². The number of amides is 1. The van der Waals surface area contributed by atoms with Crippen LogP contribution in [0.15, 0.2) is 42.5 Å². The second-order valence-corrected chi connectivity index (χ2v) is 6.16. The number of ketones is 1. The van der Waals surface area contributed by atoms with E-state index in [-0.39, 0.29) is 24.3 Å². The second-order valence-electron chi connectivity index (χ2n) is 6.16. The first-order chi connectivity index (χ1) is 11.9. The minimum Gasteiger partial charge on any atom is -0.391 e. The molecule has 0 saturated carbocycles. The standard InChI is InChI=1S/C19H17F2NO3/c1-11(23)12-2-4-13(5-3-12)19(25)22-10-15(24)9-18(22)16-8-14(20)6-7-17(16)21/h2-8,15,18,24H,9-10H2,1H3. The van der Waals surface area contributed by atoms with Gasteiger partial charge >= 0.3 is 0 Å². The largest absolute Gasteiger partial charge is 0.391 e. The summed E-state index contributed by atoms with van der Waals surface area (Å²) < 4.78 is 27.6. The van der Waals surface area contributed by atoms with Crippen molar-refractivity contribution in [2.75, 3.05) is 6.54 Å². The van der Waals surface area contributed by atoms with E-state index < -0.39 is 29.7 Å². The Balaban J connectivity index is 1.92. The van der Waals surface area contributed by atoms with Crippen molar-refractivity contribution >= 4 is 11.7 Å². The van der Waals surface area contributed by atoms with Gasteiger partial charge in [0.1, 0.15) is 11.6 Å². The first-order valence-electron chi connectivity index (χ1n) is 7.92. The molecule has 1 aliphatic heterocycles. The van der Waals surface area contributed by atoms with Gasteiger partial charge in [-0.1, -0.05) is 12.1 Å². The van der Waals surface area contributed by atoms with E-state index in [1.165, 1.54) is 24.0 Å². The topological polar surface area (TPSA) is 57.6 Å². The third-order valence-corrected chi connectivity index (χ3v) is 4.40. The molecule has 0 bridgehead atoms. The number of carbonyl (C=O) groups excluding carboxylic acids is 2. The van der Waals surface area contributed by atoms with Gasteiger partial charge in [-0.25, -0.2) is 8.78 Å². The summed E-state index contributed by atoms with van der Waals surface area (Å²) in [6.07, 6.45) is -0.675. The highest BCUT2D eigenvalue weighted by Crippen LogP contribution is 2.35. The summed E-state index contributed by atoms with van der Waals surface area (Å²) >= 11 is 0. The Bertz CT molecular complexity index is 820. The zero-order valence-corrected chi connectivity index (χ0v) is 13.6. The molecule has 2 aromatic rings. The van der Waals surface area contributed by atoms with Gasteiger partial charge in [0, 0.05) is 23.2 Å². The zero-order chi connectivity index (χ0) is 18.1. The smallest absolute Gasteiger partial charge is 0.254 e. The molecule has 3 rings (SSSR count). The van der Waals surface area contributed by atoms with Crippen LogP contribution in [-0.2, 0) is 0 Å². The van der Waals surface area contributed by atoms with Crippen LogP contribution in [0, 0.1) is 11.6 Å². The Morgan fingerprint density at radius 2 is 1.72 bits per heavy atom. The van der Waals surface area contributed by atoms with Crippen molar-refractivity contribution < 1.29 is 23.5 Å². The summed E-state index contributed by atoms with van der Waals surface area (Å²) in [4.78, 5) is 25.4. The van der Waals surface area contributed by atoms with Crippen molar-refractivity contribution in [3.05, 3.63) is 70.8 Å². The Hall–Kier alpha value is -2.60. The Morgan fingerprint density at radius 1 is 1.08 bits per heavy atom. The van der Waals surface area contributed by atoms with Crippen LogP contribution in [0.4, 0.5) is 8.78 Å². The summed E-state index contributed by atoms with van der Waals surface area (Å²) in [5, 5.41) is 9.95. The summed E-state index contributed by atoms with van der Waals surface area (Å²) in [5.41, 5.74) is 0.844. The molecule has 2 unspecified atom stereocenters. The van der Waals surface area contributed by atoms with Crippen molar-refractivity contribution in [2.45, 2.75) is 25.5 Å². The van der Waals surface area contributed by atoms with Gasteiger partial charge in [-0.2, -0.15) is 0 Å². The third-order valence-electron chi connectivity index (χ3n) is 4.40. The lowest BCUT2D eigenvalue weighted by molar-refractivity contribution is 0.0713. The molecule has 2 atom stereocenters. The van der Waals surface area contributed by atoms with Crippen molar-refractivity contribution in [2.24, 2.45) is 0 Å². The lowest BCUT2D eigenvalue weighted by Gasteiger charge is -2.25. The lowest BCUT2D eigenvalue weighted by atomic mass is 10.0. The average Bonchev–Trinajstić information content (AvgIpc) is 2.98. The van der Waals surface area contributed by atoms with Crippen molar-refractivity contribution in [1.82, 2.24) is 4.90 Å². The number of likely N-dealkylation sites (tertiary alicyclic amines) is 1. The van der Waals surface area contributed by atoms with Crippen LogP contribution in [0.3, 0.4) is 0 Å². The van der Waals surface area contributed by atoms with Crippen LogP contribution in [-0.4, -0.2) is 34.3 Å². The number of rotatable bonds is 3. The number of carbonyl (C=O) groups is 2. The van der Waals surface area contributed by atoms with Crippen LogP contribution in [0.25, 0.3) is 0 Å². The maximum absolute atomic E-state index is 14.1. The molecule has 1 fully saturated rings. The van der Waals surface area contributed by atoms with Crippen LogP contribution in [0.5, 0.6) is 0 Å². The third kappa shape index (κ3) is 3.44. The van der Waals surface area contributed by atoms with Crippen molar-refractivity contribution in [3.8, 4) is 0 Å². The fourth-order valence-electron chi connectivity index (χ4n) is 3.12. The van der Waals surface area contributed by atoms with E-state index in [0.29, 0.717) is 11.1 Å². The predicted octanol–water partition coefficient (Wildman–Crippen LogP) is 3.12. The Labute approximate surface area is 143 Å². The average molecular weight is 345 g/mol. The van der Waals surface area contributed by atoms with E-state index in [4.69, 9.17) is 0 Å². The van der Waals surface area contributed by atoms with E-state index in [1.54, 1.807) is 12.1 Å². The highest BCUT2D eigenvalue weighted by Gasteiger charge is 2.37. The number of nitrogens with zero attached hydrogens (tertiary/aromatic N) is 1. The number of halogens is 2. The number of hydrogen-bond acceptors (Lipinski definition) is 3. The Kier molecular flexibility index (Phi) is 4.63. The molecule has 130 valence electrons. The molecule has 1 amide bonds. The van der Waals surface area contributed by atoms with E-state index in [1.807, 2.05) is 0 Å². The number of hydrogen-bond donors (Lipinski definition) is 1. The first kappa shape index (κ1) is 17.2. The summed E-state index contributed by atoms with van der Waals surface area (Å²) in [7, 11) is 0. The van der Waals surface area contributed by atoms with Crippen LogP contribution in [0.1, 0.15) is 45.7 Å². The van der Waals surface area contributed by atoms with Gasteiger partial charge in [-0.05, 0) is 43.7 Å². The maximum atomic E-state index is 14.1. The van der Waals surface area contributed by atoms with Gasteiger partial charge in [0.2, 0.25) is 0 Å². The fourth-order valence-corrected chi connectivity index (χ4v) is 3.12. The predicted molar refractivity (Wildman–Crippen MR) is 87.2 cm³/mol.